The Labute approximate surface area is 100 Å². The second kappa shape index (κ2) is 4.97. The maximum Gasteiger partial charge on any atom is 0.251 e. The fraction of sp³-hybridized carbons (Fsp3) is 0.333. The zero-order valence-corrected chi connectivity index (χ0v) is 9.99. The maximum absolute atomic E-state index is 11.8. The average Bonchev–Trinajstić information content (AvgIpc) is 2.28. The molecule has 1 aromatic carbocycles. The molecule has 0 aromatic heterocycles. The number of nitrogens with two attached hydrogens (primary N) is 2. The van der Waals surface area contributed by atoms with E-state index in [9.17, 15) is 9.59 Å². The van der Waals surface area contributed by atoms with Crippen LogP contribution in [0.3, 0.4) is 0 Å². The van der Waals surface area contributed by atoms with Gasteiger partial charge in [-0.25, -0.2) is 0 Å². The summed E-state index contributed by atoms with van der Waals surface area (Å²) in [5.41, 5.74) is 11.0. The summed E-state index contributed by atoms with van der Waals surface area (Å²) in [4.78, 5) is 22.7. The summed E-state index contributed by atoms with van der Waals surface area (Å²) >= 11 is 0. The van der Waals surface area contributed by atoms with Crippen molar-refractivity contribution in [1.82, 2.24) is 5.32 Å². The van der Waals surface area contributed by atoms with Gasteiger partial charge in [0.25, 0.3) is 5.91 Å². The van der Waals surface area contributed by atoms with Gasteiger partial charge in [-0.05, 0) is 38.1 Å². The van der Waals surface area contributed by atoms with Crippen LogP contribution < -0.4 is 16.8 Å². The van der Waals surface area contributed by atoms with Crippen LogP contribution in [0.15, 0.2) is 24.3 Å². The van der Waals surface area contributed by atoms with E-state index in [1.54, 1.807) is 12.1 Å². The van der Waals surface area contributed by atoms with Crippen LogP contribution in [0.25, 0.3) is 0 Å². The Morgan fingerprint density at radius 2 is 1.65 bits per heavy atom. The van der Waals surface area contributed by atoms with Crippen molar-refractivity contribution in [2.24, 2.45) is 11.5 Å². The van der Waals surface area contributed by atoms with Crippen molar-refractivity contribution in [3.63, 3.8) is 0 Å². The van der Waals surface area contributed by atoms with Crippen molar-refractivity contribution in [3.05, 3.63) is 35.4 Å². The van der Waals surface area contributed by atoms with Crippen LogP contribution >= 0.6 is 0 Å². The van der Waals surface area contributed by atoms with Gasteiger partial charge in [0.05, 0.1) is 0 Å². The minimum Gasteiger partial charge on any atom is -0.366 e. The van der Waals surface area contributed by atoms with Crippen LogP contribution in [-0.4, -0.2) is 23.9 Å². The minimum atomic E-state index is -0.515. The highest BCUT2D eigenvalue weighted by atomic mass is 16.2. The zero-order valence-electron chi connectivity index (χ0n) is 9.99. The van der Waals surface area contributed by atoms with Gasteiger partial charge in [-0.3, -0.25) is 9.59 Å². The lowest BCUT2D eigenvalue weighted by atomic mass is 10.0. The standard InChI is InChI=1S/C12H17N3O2/c1-12(2,7-13)15-11(17)9-5-3-8(4-6-9)10(14)16/h3-6H,7,13H2,1-2H3,(H2,14,16)(H,15,17). The first kappa shape index (κ1) is 13.2. The van der Waals surface area contributed by atoms with Gasteiger partial charge in [0.15, 0.2) is 0 Å². The summed E-state index contributed by atoms with van der Waals surface area (Å²) in [5.74, 6) is -0.740. The van der Waals surface area contributed by atoms with Crippen molar-refractivity contribution in [3.8, 4) is 0 Å². The molecule has 0 heterocycles. The Morgan fingerprint density at radius 3 is 2.06 bits per heavy atom. The summed E-state index contributed by atoms with van der Waals surface area (Å²) in [5, 5.41) is 2.79. The van der Waals surface area contributed by atoms with Gasteiger partial charge in [-0.1, -0.05) is 0 Å². The number of carbonyl (C=O) groups is 2. The fourth-order valence-electron chi connectivity index (χ4n) is 1.22. The van der Waals surface area contributed by atoms with Gasteiger partial charge >= 0.3 is 0 Å². The molecule has 17 heavy (non-hydrogen) atoms. The Balaban J connectivity index is 2.80. The molecule has 1 rings (SSSR count). The lowest BCUT2D eigenvalue weighted by Crippen LogP contribution is -2.48. The number of benzene rings is 1. The van der Waals surface area contributed by atoms with E-state index < -0.39 is 11.4 Å². The first-order valence-electron chi connectivity index (χ1n) is 5.28. The largest absolute Gasteiger partial charge is 0.366 e. The molecule has 5 N–H and O–H groups in total. The van der Waals surface area contributed by atoms with E-state index >= 15 is 0 Å². The van der Waals surface area contributed by atoms with E-state index in [4.69, 9.17) is 11.5 Å². The quantitative estimate of drug-likeness (QED) is 0.697. The molecule has 1 aromatic rings. The third-order valence-electron chi connectivity index (χ3n) is 2.39. The van der Waals surface area contributed by atoms with Crippen LogP contribution in [0.4, 0.5) is 0 Å². The summed E-state index contributed by atoms with van der Waals surface area (Å²) in [7, 11) is 0. The van der Waals surface area contributed by atoms with E-state index in [0.717, 1.165) is 0 Å². The first-order valence-corrected chi connectivity index (χ1v) is 5.28. The number of amides is 2. The van der Waals surface area contributed by atoms with Crippen molar-refractivity contribution in [1.29, 1.82) is 0 Å². The van der Waals surface area contributed by atoms with Gasteiger partial charge in [0.1, 0.15) is 0 Å². The lowest BCUT2D eigenvalue weighted by molar-refractivity contribution is 0.0914. The zero-order chi connectivity index (χ0) is 13.1. The smallest absolute Gasteiger partial charge is 0.251 e. The number of nitrogens with one attached hydrogen (secondary N) is 1. The molecule has 0 bridgehead atoms. The molecule has 0 spiro atoms. The minimum absolute atomic E-state index is 0.225. The summed E-state index contributed by atoms with van der Waals surface area (Å²) in [6, 6.07) is 6.16. The highest BCUT2D eigenvalue weighted by Gasteiger charge is 2.19. The molecule has 0 unspecified atom stereocenters. The van der Waals surface area contributed by atoms with Gasteiger partial charge in [-0.2, -0.15) is 0 Å². The van der Waals surface area contributed by atoms with Crippen LogP contribution in [0.5, 0.6) is 0 Å². The number of rotatable bonds is 4. The summed E-state index contributed by atoms with van der Waals surface area (Å²) in [6.45, 7) is 4.02. The lowest BCUT2D eigenvalue weighted by Gasteiger charge is -2.24. The first-order chi connectivity index (χ1) is 7.85. The Bertz CT molecular complexity index is 424. The highest BCUT2D eigenvalue weighted by Crippen LogP contribution is 2.06. The molecule has 2 amide bonds. The van der Waals surface area contributed by atoms with Gasteiger partial charge in [0.2, 0.25) is 5.91 Å². The molecule has 0 saturated heterocycles. The van der Waals surface area contributed by atoms with Crippen LogP contribution in [-0.2, 0) is 0 Å². The molecule has 0 saturated carbocycles. The fourth-order valence-corrected chi connectivity index (χ4v) is 1.22. The van der Waals surface area contributed by atoms with Crippen molar-refractivity contribution in [2.75, 3.05) is 6.54 Å². The Kier molecular flexibility index (Phi) is 3.85. The highest BCUT2D eigenvalue weighted by molar-refractivity contribution is 5.97. The Hall–Kier alpha value is -1.88. The number of carbonyl (C=O) groups excluding carboxylic acids is 2. The normalized spacial score (nSPS) is 11.0. The number of primary amides is 1. The van der Waals surface area contributed by atoms with E-state index in [-0.39, 0.29) is 5.91 Å². The predicted octanol–water partition coefficient (Wildman–Crippen LogP) is 0.253. The predicted molar refractivity (Wildman–Crippen MR) is 65.6 cm³/mol. The number of hydrogen-bond acceptors (Lipinski definition) is 3. The van der Waals surface area contributed by atoms with Gasteiger partial charge in [0, 0.05) is 23.2 Å². The topological polar surface area (TPSA) is 98.2 Å². The van der Waals surface area contributed by atoms with E-state index in [1.165, 1.54) is 12.1 Å². The van der Waals surface area contributed by atoms with Crippen molar-refractivity contribution >= 4 is 11.8 Å². The summed E-state index contributed by atoms with van der Waals surface area (Å²) < 4.78 is 0. The summed E-state index contributed by atoms with van der Waals surface area (Å²) in [6.07, 6.45) is 0. The monoisotopic (exact) mass is 235 g/mol. The number of hydrogen-bond donors (Lipinski definition) is 3. The molecular weight excluding hydrogens is 218 g/mol. The molecule has 0 aliphatic carbocycles. The van der Waals surface area contributed by atoms with Gasteiger partial charge in [-0.15, -0.1) is 0 Å². The SMILES string of the molecule is CC(C)(CN)NC(=O)c1ccc(C(N)=O)cc1. The molecule has 5 nitrogen and oxygen atoms in total. The molecule has 0 aliphatic heterocycles. The van der Waals surface area contributed by atoms with Gasteiger partial charge < -0.3 is 16.8 Å². The molecule has 92 valence electrons. The second-order valence-corrected chi connectivity index (χ2v) is 4.48. The second-order valence-electron chi connectivity index (χ2n) is 4.48. The molecule has 5 heteroatoms. The average molecular weight is 235 g/mol. The van der Waals surface area contributed by atoms with Crippen LogP contribution in [0.2, 0.25) is 0 Å². The third kappa shape index (κ3) is 3.57. The van der Waals surface area contributed by atoms with E-state index in [1.807, 2.05) is 13.8 Å². The molecular formula is C12H17N3O2. The maximum atomic E-state index is 11.8. The van der Waals surface area contributed by atoms with E-state index in [2.05, 4.69) is 5.32 Å². The van der Waals surface area contributed by atoms with Crippen molar-refractivity contribution in [2.45, 2.75) is 19.4 Å². The molecule has 0 aliphatic rings. The van der Waals surface area contributed by atoms with Crippen LogP contribution in [0, 0.1) is 0 Å². The van der Waals surface area contributed by atoms with E-state index in [0.29, 0.717) is 17.7 Å². The van der Waals surface area contributed by atoms with Crippen molar-refractivity contribution < 1.29 is 9.59 Å². The van der Waals surface area contributed by atoms with Crippen LogP contribution in [0.1, 0.15) is 34.6 Å². The molecule has 0 atom stereocenters. The third-order valence-corrected chi connectivity index (χ3v) is 2.39. The molecule has 0 fully saturated rings. The Morgan fingerprint density at radius 1 is 1.18 bits per heavy atom. The molecule has 0 radical (unpaired) electrons.